The number of anilines is 1. The first kappa shape index (κ1) is 23.2. The Morgan fingerprint density at radius 3 is 2.71 bits per heavy atom. The molecule has 2 aliphatic rings. The van der Waals surface area contributed by atoms with Gasteiger partial charge in [0.2, 0.25) is 5.95 Å². The van der Waals surface area contributed by atoms with E-state index >= 15 is 0 Å². The largest absolute Gasteiger partial charge is 0.497 e. The van der Waals surface area contributed by atoms with E-state index in [2.05, 4.69) is 46.0 Å². The van der Waals surface area contributed by atoms with E-state index in [0.29, 0.717) is 17.3 Å². The van der Waals surface area contributed by atoms with Crippen LogP contribution in [0.4, 0.5) is 5.95 Å². The van der Waals surface area contributed by atoms with E-state index in [-0.39, 0.29) is 22.6 Å². The summed E-state index contributed by atoms with van der Waals surface area (Å²) in [6, 6.07) is 15.6. The third kappa shape index (κ3) is 4.20. The molecule has 5 rings (SSSR count). The third-order valence-electron chi connectivity index (χ3n) is 7.53. The summed E-state index contributed by atoms with van der Waals surface area (Å²) in [6.07, 6.45) is 3.38. The first-order valence-electron chi connectivity index (χ1n) is 11.9. The molecular weight excluding hydrogens is 440 g/mol. The number of nitrogens with two attached hydrogens (primary N) is 1. The number of aliphatic hydroxyl groups is 1. The molecule has 0 saturated carbocycles. The highest BCUT2D eigenvalue weighted by atomic mass is 16.5. The van der Waals surface area contributed by atoms with Gasteiger partial charge < -0.3 is 20.5 Å². The molecular formula is C28H30N4O3. The summed E-state index contributed by atoms with van der Waals surface area (Å²) < 4.78 is 6.74. The molecule has 1 aliphatic carbocycles. The summed E-state index contributed by atoms with van der Waals surface area (Å²) in [5.74, 6) is 6.82. The number of fused-ring (bicyclic) bond motifs is 1. The predicted octanol–water partition coefficient (Wildman–Crippen LogP) is 2.72. The number of methoxy groups -OCH3 is 1. The van der Waals surface area contributed by atoms with Crippen LogP contribution in [0.3, 0.4) is 0 Å². The summed E-state index contributed by atoms with van der Waals surface area (Å²) in [7, 11) is 3.28. The Morgan fingerprint density at radius 2 is 1.97 bits per heavy atom. The molecule has 7 heteroatoms. The van der Waals surface area contributed by atoms with Gasteiger partial charge in [-0.3, -0.25) is 9.36 Å². The highest BCUT2D eigenvalue weighted by Crippen LogP contribution is 2.50. The Kier molecular flexibility index (Phi) is 6.10. The summed E-state index contributed by atoms with van der Waals surface area (Å²) in [4.78, 5) is 19.7. The van der Waals surface area contributed by atoms with E-state index in [0.717, 1.165) is 32.4 Å². The van der Waals surface area contributed by atoms with E-state index in [4.69, 9.17) is 10.5 Å². The Balaban J connectivity index is 1.31. The van der Waals surface area contributed by atoms with Crippen molar-refractivity contribution in [3.05, 3.63) is 87.3 Å². The number of benzene rings is 2. The van der Waals surface area contributed by atoms with Crippen LogP contribution in [-0.4, -0.2) is 34.9 Å². The van der Waals surface area contributed by atoms with E-state index in [1.165, 1.54) is 17.3 Å². The number of nitrogens with zero attached hydrogens (tertiary/aromatic N) is 3. The zero-order chi connectivity index (χ0) is 24.6. The Bertz CT molecular complexity index is 1360. The molecule has 0 radical (unpaired) electrons. The van der Waals surface area contributed by atoms with Crippen LogP contribution in [0, 0.1) is 17.3 Å². The van der Waals surface area contributed by atoms with E-state index in [1.807, 2.05) is 0 Å². The first-order valence-corrected chi connectivity index (χ1v) is 11.9. The van der Waals surface area contributed by atoms with Crippen LogP contribution in [-0.2, 0) is 13.5 Å². The molecule has 2 aromatic carbocycles. The fourth-order valence-corrected chi connectivity index (χ4v) is 5.41. The van der Waals surface area contributed by atoms with E-state index < -0.39 is 6.10 Å². The zero-order valence-electron chi connectivity index (χ0n) is 20.1. The van der Waals surface area contributed by atoms with Crippen molar-refractivity contribution in [2.45, 2.75) is 31.4 Å². The molecule has 1 unspecified atom stereocenters. The van der Waals surface area contributed by atoms with Crippen LogP contribution in [0.2, 0.25) is 0 Å². The molecule has 0 amide bonds. The summed E-state index contributed by atoms with van der Waals surface area (Å²) in [6.45, 7) is 1.59. The fraction of sp³-hybridized carbons (Fsp3) is 0.357. The van der Waals surface area contributed by atoms with Gasteiger partial charge >= 0.3 is 0 Å². The predicted molar refractivity (Wildman–Crippen MR) is 135 cm³/mol. The van der Waals surface area contributed by atoms with Gasteiger partial charge in [0.1, 0.15) is 17.4 Å². The van der Waals surface area contributed by atoms with Crippen LogP contribution in [0.5, 0.6) is 5.75 Å². The Morgan fingerprint density at radius 1 is 1.20 bits per heavy atom. The highest BCUT2D eigenvalue weighted by Gasteiger charge is 2.46. The second-order valence-electron chi connectivity index (χ2n) is 9.49. The number of aromatic nitrogens is 2. The Hall–Kier alpha value is -3.60. The van der Waals surface area contributed by atoms with Gasteiger partial charge in [0.25, 0.3) is 5.56 Å². The maximum Gasteiger partial charge on any atom is 0.270 e. The SMILES string of the molecule is COc1cccc(C(O)C#Cc2cnc(N3CCC4(CC3)Cc3ccccc3[C@H]4N)n(C)c2=O)c1. The molecule has 1 saturated heterocycles. The Labute approximate surface area is 205 Å². The lowest BCUT2D eigenvalue weighted by Crippen LogP contribution is -2.46. The average molecular weight is 471 g/mol. The van der Waals surface area contributed by atoms with Crippen molar-refractivity contribution < 1.29 is 9.84 Å². The minimum Gasteiger partial charge on any atom is -0.497 e. The highest BCUT2D eigenvalue weighted by molar-refractivity contribution is 5.42. The lowest BCUT2D eigenvalue weighted by molar-refractivity contribution is 0.186. The summed E-state index contributed by atoms with van der Waals surface area (Å²) in [5, 5.41) is 10.4. The molecule has 7 nitrogen and oxygen atoms in total. The van der Waals surface area contributed by atoms with Crippen molar-refractivity contribution in [1.29, 1.82) is 0 Å². The second-order valence-corrected chi connectivity index (χ2v) is 9.49. The monoisotopic (exact) mass is 470 g/mol. The molecule has 1 aromatic heterocycles. The van der Waals surface area contributed by atoms with Crippen molar-refractivity contribution >= 4 is 5.95 Å². The lowest BCUT2D eigenvalue weighted by Gasteiger charge is -2.42. The molecule has 1 aliphatic heterocycles. The average Bonchev–Trinajstić information content (AvgIpc) is 3.16. The van der Waals surface area contributed by atoms with Crippen molar-refractivity contribution in [2.75, 3.05) is 25.1 Å². The molecule has 3 aromatic rings. The number of piperidine rings is 1. The fourth-order valence-electron chi connectivity index (χ4n) is 5.41. The normalized spacial score (nSPS) is 19.1. The van der Waals surface area contributed by atoms with Crippen LogP contribution >= 0.6 is 0 Å². The van der Waals surface area contributed by atoms with Crippen LogP contribution < -0.4 is 20.9 Å². The van der Waals surface area contributed by atoms with Gasteiger partial charge in [0.15, 0.2) is 0 Å². The maximum atomic E-state index is 13.0. The van der Waals surface area contributed by atoms with Crippen LogP contribution in [0.25, 0.3) is 0 Å². The second kappa shape index (κ2) is 9.21. The molecule has 1 fully saturated rings. The van der Waals surface area contributed by atoms with E-state index in [9.17, 15) is 9.90 Å². The summed E-state index contributed by atoms with van der Waals surface area (Å²) in [5.41, 5.74) is 10.0. The zero-order valence-corrected chi connectivity index (χ0v) is 20.1. The topological polar surface area (TPSA) is 93.6 Å². The van der Waals surface area contributed by atoms with Gasteiger partial charge in [-0.05, 0) is 53.5 Å². The minimum absolute atomic E-state index is 0.0475. The van der Waals surface area contributed by atoms with Gasteiger partial charge in [-0.15, -0.1) is 0 Å². The molecule has 2 heterocycles. The smallest absolute Gasteiger partial charge is 0.270 e. The van der Waals surface area contributed by atoms with Crippen molar-refractivity contribution in [3.63, 3.8) is 0 Å². The van der Waals surface area contributed by atoms with Crippen molar-refractivity contribution in [3.8, 4) is 17.6 Å². The van der Waals surface area contributed by atoms with Gasteiger partial charge in [-0.25, -0.2) is 4.98 Å². The van der Waals surface area contributed by atoms with Gasteiger partial charge in [-0.2, -0.15) is 0 Å². The molecule has 2 atom stereocenters. The molecule has 3 N–H and O–H groups in total. The number of hydrogen-bond acceptors (Lipinski definition) is 6. The molecule has 35 heavy (non-hydrogen) atoms. The maximum absolute atomic E-state index is 13.0. The van der Waals surface area contributed by atoms with Crippen molar-refractivity contribution in [1.82, 2.24) is 9.55 Å². The minimum atomic E-state index is -1.03. The van der Waals surface area contributed by atoms with Crippen LogP contribution in [0.1, 0.15) is 47.2 Å². The number of ether oxygens (including phenoxy) is 1. The van der Waals surface area contributed by atoms with Crippen LogP contribution in [0.15, 0.2) is 59.5 Å². The quantitative estimate of drug-likeness (QED) is 0.572. The lowest BCUT2D eigenvalue weighted by atomic mass is 9.73. The molecule has 1 spiro atoms. The van der Waals surface area contributed by atoms with Gasteiger partial charge in [0.05, 0.1) is 13.3 Å². The van der Waals surface area contributed by atoms with Crippen molar-refractivity contribution in [2.24, 2.45) is 18.2 Å². The van der Waals surface area contributed by atoms with Gasteiger partial charge in [0, 0.05) is 26.2 Å². The molecule has 180 valence electrons. The standard InChI is InChI=1S/C28H30N4O3/c1-31-26(34)21(10-11-24(33)19-7-5-8-22(16-19)35-2)18-30-27(31)32-14-12-28(13-15-32)17-20-6-3-4-9-23(20)25(28)29/h3-9,16,18,24-25,33H,12-15,17,29H2,1-2H3/t24?,25-/m1/s1. The van der Waals surface area contributed by atoms with E-state index in [1.54, 1.807) is 43.0 Å². The number of hydrogen-bond donors (Lipinski definition) is 2. The molecule has 0 bridgehead atoms. The van der Waals surface area contributed by atoms with Gasteiger partial charge in [-0.1, -0.05) is 48.2 Å². The number of aliphatic hydroxyl groups excluding tert-OH is 1. The number of rotatable bonds is 3. The summed E-state index contributed by atoms with van der Waals surface area (Å²) >= 11 is 0. The first-order chi connectivity index (χ1) is 16.9. The third-order valence-corrected chi connectivity index (χ3v) is 7.53.